The Kier molecular flexibility index (Phi) is 40.0. The van der Waals surface area contributed by atoms with E-state index >= 15 is 0 Å². The van der Waals surface area contributed by atoms with Crippen molar-refractivity contribution >= 4 is 13.8 Å². The van der Waals surface area contributed by atoms with E-state index in [-0.39, 0.29) is 25.8 Å². The summed E-state index contributed by atoms with van der Waals surface area (Å²) in [6.07, 6.45) is 46.3. The predicted octanol–water partition coefficient (Wildman–Crippen LogP) is 14.0. The van der Waals surface area contributed by atoms with Crippen molar-refractivity contribution in [3.63, 3.8) is 0 Å². The van der Waals surface area contributed by atoms with Crippen LogP contribution < -0.4 is 0 Å². The van der Waals surface area contributed by atoms with Gasteiger partial charge in [0, 0.05) is 13.0 Å². The van der Waals surface area contributed by atoms with E-state index in [4.69, 9.17) is 18.5 Å². The molecule has 332 valence electrons. The maximum absolute atomic E-state index is 12.7. The molecule has 0 radical (unpaired) electrons. The van der Waals surface area contributed by atoms with Crippen LogP contribution in [0.1, 0.15) is 213 Å². The van der Waals surface area contributed by atoms with Gasteiger partial charge in [0.15, 0.2) is 0 Å². The molecule has 0 rings (SSSR count). The number of unbranched alkanes of at least 4 members (excludes halogenated alkanes) is 26. The molecule has 0 aromatic heterocycles. The molecule has 9 heteroatoms. The summed E-state index contributed by atoms with van der Waals surface area (Å²) >= 11 is 0. The number of esters is 1. The topological polar surface area (TPSA) is 91.3 Å². The standard InChI is InChI=1S/C47H92NO7P/c1-6-8-10-12-14-16-18-20-22-24-26-28-30-32-34-36-38-40-47(49)55-46(45-54-56(50,51)53-43-41-48(3,4)5)44-52-42-39-37-35-33-31-29-27-25-23-21-19-17-15-13-11-9-7-2/h14,16,20,22,46H,6-13,15,17-19,21,23-45H2,1-5H3/p+1/b16-14-,22-20-. The van der Waals surface area contributed by atoms with Crippen molar-refractivity contribution in [2.24, 2.45) is 0 Å². The van der Waals surface area contributed by atoms with Gasteiger partial charge >= 0.3 is 13.8 Å². The molecule has 0 fully saturated rings. The minimum atomic E-state index is -4.27. The first-order valence-corrected chi connectivity index (χ1v) is 25.1. The van der Waals surface area contributed by atoms with Gasteiger partial charge in [0.2, 0.25) is 0 Å². The zero-order chi connectivity index (χ0) is 41.3. The van der Waals surface area contributed by atoms with Crippen LogP contribution in [0.5, 0.6) is 0 Å². The highest BCUT2D eigenvalue weighted by Gasteiger charge is 2.26. The van der Waals surface area contributed by atoms with Crippen molar-refractivity contribution in [1.29, 1.82) is 0 Å². The molecule has 1 N–H and O–H groups in total. The van der Waals surface area contributed by atoms with Crippen LogP contribution in [0.2, 0.25) is 0 Å². The summed E-state index contributed by atoms with van der Waals surface area (Å²) in [4.78, 5) is 22.9. The molecule has 0 saturated heterocycles. The summed E-state index contributed by atoms with van der Waals surface area (Å²) in [6.45, 7) is 5.63. The molecule has 8 nitrogen and oxygen atoms in total. The lowest BCUT2D eigenvalue weighted by Crippen LogP contribution is -2.37. The molecule has 2 atom stereocenters. The van der Waals surface area contributed by atoms with E-state index in [1.807, 2.05) is 21.1 Å². The molecule has 0 aliphatic rings. The lowest BCUT2D eigenvalue weighted by molar-refractivity contribution is -0.870. The van der Waals surface area contributed by atoms with Crippen LogP contribution >= 0.6 is 7.82 Å². The van der Waals surface area contributed by atoms with E-state index in [0.29, 0.717) is 24.1 Å². The number of ether oxygens (including phenoxy) is 2. The maximum atomic E-state index is 12.7. The van der Waals surface area contributed by atoms with Crippen LogP contribution in [-0.2, 0) is 27.9 Å². The molecule has 2 unspecified atom stereocenters. The first-order valence-electron chi connectivity index (χ1n) is 23.6. The molecular weight excluding hydrogens is 721 g/mol. The Morgan fingerprint density at radius 3 is 1.48 bits per heavy atom. The molecule has 0 aliphatic heterocycles. The Morgan fingerprint density at radius 2 is 0.982 bits per heavy atom. The minimum Gasteiger partial charge on any atom is -0.457 e. The van der Waals surface area contributed by atoms with Crippen LogP contribution in [0.15, 0.2) is 24.3 Å². The Hall–Kier alpha value is -1.02. The number of likely N-dealkylation sites (N-methyl/N-ethyl adjacent to an activating group) is 1. The van der Waals surface area contributed by atoms with Crippen molar-refractivity contribution in [2.45, 2.75) is 219 Å². The fraction of sp³-hybridized carbons (Fsp3) is 0.894. The number of phosphoric acid groups is 1. The van der Waals surface area contributed by atoms with Gasteiger partial charge in [-0.15, -0.1) is 0 Å². The molecule has 0 bridgehead atoms. The Morgan fingerprint density at radius 1 is 0.554 bits per heavy atom. The SMILES string of the molecule is CCCCC/C=C\C/C=C\CCCCCCCCCC(=O)OC(COCCCCCCCCCCCCCCCCCCC)COP(=O)(O)OCC[N+](C)(C)C. The fourth-order valence-corrected chi connectivity index (χ4v) is 7.33. The number of carbonyl (C=O) groups excluding carboxylic acids is 1. The quantitative estimate of drug-likeness (QED) is 0.0215. The van der Waals surface area contributed by atoms with E-state index in [1.165, 1.54) is 148 Å². The van der Waals surface area contributed by atoms with Crippen LogP contribution in [0, 0.1) is 0 Å². The first-order chi connectivity index (χ1) is 27.1. The molecule has 0 amide bonds. The third kappa shape index (κ3) is 44.1. The van der Waals surface area contributed by atoms with Gasteiger partial charge in [-0.2, -0.15) is 0 Å². The van der Waals surface area contributed by atoms with Gasteiger partial charge in [-0.25, -0.2) is 4.57 Å². The zero-order valence-corrected chi connectivity index (χ0v) is 38.5. The number of quaternary nitrogens is 1. The van der Waals surface area contributed by atoms with E-state index in [9.17, 15) is 14.3 Å². The monoisotopic (exact) mass is 815 g/mol. The average Bonchev–Trinajstić information content (AvgIpc) is 3.15. The van der Waals surface area contributed by atoms with Crippen molar-refractivity contribution in [3.8, 4) is 0 Å². The second-order valence-corrected chi connectivity index (χ2v) is 18.6. The number of rotatable bonds is 44. The second kappa shape index (κ2) is 40.7. The highest BCUT2D eigenvalue weighted by molar-refractivity contribution is 7.47. The summed E-state index contributed by atoms with van der Waals surface area (Å²) in [6, 6.07) is 0. The molecule has 56 heavy (non-hydrogen) atoms. The van der Waals surface area contributed by atoms with Gasteiger partial charge in [0.1, 0.15) is 19.3 Å². The number of nitrogens with zero attached hydrogens (tertiary/aromatic N) is 1. The van der Waals surface area contributed by atoms with Crippen LogP contribution in [0.4, 0.5) is 0 Å². The van der Waals surface area contributed by atoms with Crippen molar-refractivity contribution in [1.82, 2.24) is 0 Å². The number of phosphoric ester groups is 1. The van der Waals surface area contributed by atoms with Gasteiger partial charge in [-0.05, 0) is 44.9 Å². The summed E-state index contributed by atoms with van der Waals surface area (Å²) in [5, 5.41) is 0. The Labute approximate surface area is 347 Å². The van der Waals surface area contributed by atoms with Gasteiger partial charge in [-0.1, -0.05) is 186 Å². The van der Waals surface area contributed by atoms with Crippen LogP contribution in [0.3, 0.4) is 0 Å². The minimum absolute atomic E-state index is 0.0890. The van der Waals surface area contributed by atoms with E-state index in [0.717, 1.165) is 44.9 Å². The average molecular weight is 815 g/mol. The summed E-state index contributed by atoms with van der Waals surface area (Å²) in [7, 11) is 1.67. The second-order valence-electron chi connectivity index (χ2n) is 17.1. The van der Waals surface area contributed by atoms with Crippen LogP contribution in [0.25, 0.3) is 0 Å². The lowest BCUT2D eigenvalue weighted by atomic mass is 10.0. The maximum Gasteiger partial charge on any atom is 0.472 e. The van der Waals surface area contributed by atoms with Gasteiger partial charge in [-0.3, -0.25) is 13.8 Å². The molecule has 0 aliphatic carbocycles. The van der Waals surface area contributed by atoms with Crippen LogP contribution in [-0.4, -0.2) is 75.6 Å². The third-order valence-electron chi connectivity index (χ3n) is 10.3. The van der Waals surface area contributed by atoms with Crippen molar-refractivity contribution in [3.05, 3.63) is 24.3 Å². The van der Waals surface area contributed by atoms with E-state index in [1.54, 1.807) is 0 Å². The number of hydrogen-bond acceptors (Lipinski definition) is 6. The summed E-state index contributed by atoms with van der Waals surface area (Å²) in [5.41, 5.74) is 0. The van der Waals surface area contributed by atoms with Gasteiger partial charge < -0.3 is 18.9 Å². The number of carbonyl (C=O) groups is 1. The van der Waals surface area contributed by atoms with Crippen molar-refractivity contribution < 1.29 is 37.3 Å². The highest BCUT2D eigenvalue weighted by atomic mass is 31.2. The lowest BCUT2D eigenvalue weighted by Gasteiger charge is -2.24. The fourth-order valence-electron chi connectivity index (χ4n) is 6.58. The van der Waals surface area contributed by atoms with E-state index in [2.05, 4.69) is 38.2 Å². The van der Waals surface area contributed by atoms with Gasteiger partial charge in [0.25, 0.3) is 0 Å². The first kappa shape index (κ1) is 55.0. The molecule has 0 aromatic carbocycles. The number of allylic oxidation sites excluding steroid dienone is 4. The normalized spacial score (nSPS) is 13.9. The van der Waals surface area contributed by atoms with Gasteiger partial charge in [0.05, 0.1) is 34.4 Å². The summed E-state index contributed by atoms with van der Waals surface area (Å²) in [5.74, 6) is -0.318. The van der Waals surface area contributed by atoms with Crippen molar-refractivity contribution in [2.75, 3.05) is 54.1 Å². The molecule has 0 spiro atoms. The molecule has 0 aromatic rings. The highest BCUT2D eigenvalue weighted by Crippen LogP contribution is 2.43. The number of hydrogen-bond donors (Lipinski definition) is 1. The van der Waals surface area contributed by atoms with E-state index < -0.39 is 13.9 Å². The Balaban J connectivity index is 4.19. The molecule has 0 saturated carbocycles. The third-order valence-corrected chi connectivity index (χ3v) is 11.2. The largest absolute Gasteiger partial charge is 0.472 e. The zero-order valence-electron chi connectivity index (χ0n) is 37.6. The molecular formula is C47H93NO7P+. The Bertz CT molecular complexity index is 951. The molecule has 0 heterocycles. The smallest absolute Gasteiger partial charge is 0.457 e. The predicted molar refractivity (Wildman–Crippen MR) is 238 cm³/mol. The summed E-state index contributed by atoms with van der Waals surface area (Å²) < 4.78 is 35.1.